The Morgan fingerprint density at radius 3 is 2.82 bits per heavy atom. The molecule has 60 valence electrons. The van der Waals surface area contributed by atoms with Crippen LogP contribution in [0, 0.1) is 0 Å². The van der Waals surface area contributed by atoms with Crippen molar-refractivity contribution in [2.45, 2.75) is 6.61 Å². The predicted octanol–water partition coefficient (Wildman–Crippen LogP) is 1.78. The van der Waals surface area contributed by atoms with Crippen LogP contribution in [0.4, 0.5) is 0 Å². The van der Waals surface area contributed by atoms with Crippen LogP contribution >= 0.6 is 23.2 Å². The summed E-state index contributed by atoms with van der Waals surface area (Å²) in [5, 5.41) is 0.867. The van der Waals surface area contributed by atoms with E-state index < -0.39 is 0 Å². The molecule has 1 heterocycles. The standard InChI is InChI=1S/C6H6Cl2N2O/c7-5-1-6(8)10-2-4(5)3-11-9/h1-2H,3,9H2. The number of aromatic nitrogens is 1. The third kappa shape index (κ3) is 2.31. The molecule has 0 unspecified atom stereocenters. The fourth-order valence-electron chi connectivity index (χ4n) is 0.632. The highest BCUT2D eigenvalue weighted by atomic mass is 35.5. The van der Waals surface area contributed by atoms with Crippen molar-refractivity contribution in [3.05, 3.63) is 28.0 Å². The van der Waals surface area contributed by atoms with E-state index in [2.05, 4.69) is 9.82 Å². The zero-order valence-electron chi connectivity index (χ0n) is 5.55. The second kappa shape index (κ2) is 3.88. The minimum absolute atomic E-state index is 0.239. The maximum Gasteiger partial charge on any atom is 0.130 e. The summed E-state index contributed by atoms with van der Waals surface area (Å²) in [7, 11) is 0. The molecule has 0 bridgehead atoms. The van der Waals surface area contributed by atoms with Gasteiger partial charge in [0.15, 0.2) is 0 Å². The van der Waals surface area contributed by atoms with E-state index in [0.29, 0.717) is 10.2 Å². The molecule has 0 aliphatic carbocycles. The van der Waals surface area contributed by atoms with Gasteiger partial charge in [0.1, 0.15) is 5.15 Å². The van der Waals surface area contributed by atoms with Crippen LogP contribution in [0.5, 0.6) is 0 Å². The molecular formula is C6H6Cl2N2O. The second-order valence-corrected chi connectivity index (χ2v) is 2.70. The number of nitrogens with zero attached hydrogens (tertiary/aromatic N) is 1. The van der Waals surface area contributed by atoms with Gasteiger partial charge in [0.05, 0.1) is 11.6 Å². The van der Waals surface area contributed by atoms with Gasteiger partial charge in [0, 0.05) is 11.8 Å². The lowest BCUT2D eigenvalue weighted by molar-refractivity contribution is 0.124. The van der Waals surface area contributed by atoms with Gasteiger partial charge in [-0.15, -0.1) is 0 Å². The van der Waals surface area contributed by atoms with E-state index in [1.54, 1.807) is 0 Å². The molecule has 0 fully saturated rings. The Balaban J connectivity index is 2.90. The average molecular weight is 193 g/mol. The molecular weight excluding hydrogens is 187 g/mol. The maximum atomic E-state index is 5.75. The molecule has 0 amide bonds. The summed E-state index contributed by atoms with van der Waals surface area (Å²) in [6.07, 6.45) is 1.53. The van der Waals surface area contributed by atoms with E-state index in [1.165, 1.54) is 12.3 Å². The summed E-state index contributed by atoms with van der Waals surface area (Å²) in [6.45, 7) is 0.239. The van der Waals surface area contributed by atoms with Crippen molar-refractivity contribution >= 4 is 23.2 Å². The molecule has 0 spiro atoms. The lowest BCUT2D eigenvalue weighted by Gasteiger charge is -2.00. The molecule has 1 aromatic heterocycles. The molecule has 1 aromatic rings. The number of halogens is 2. The van der Waals surface area contributed by atoms with Crippen molar-refractivity contribution in [3.63, 3.8) is 0 Å². The van der Waals surface area contributed by atoms with Crippen LogP contribution in [-0.2, 0) is 11.4 Å². The molecule has 2 N–H and O–H groups in total. The molecule has 0 saturated carbocycles. The summed E-state index contributed by atoms with van der Waals surface area (Å²) < 4.78 is 0. The zero-order chi connectivity index (χ0) is 8.27. The van der Waals surface area contributed by atoms with Crippen LogP contribution in [0.25, 0.3) is 0 Å². The smallest absolute Gasteiger partial charge is 0.130 e. The molecule has 5 heteroatoms. The zero-order valence-corrected chi connectivity index (χ0v) is 7.06. The van der Waals surface area contributed by atoms with Gasteiger partial charge in [-0.2, -0.15) is 0 Å². The Bertz CT molecular complexity index is 254. The highest BCUT2D eigenvalue weighted by Gasteiger charge is 2.00. The van der Waals surface area contributed by atoms with E-state index in [-0.39, 0.29) is 6.61 Å². The Kier molecular flexibility index (Phi) is 3.08. The van der Waals surface area contributed by atoms with E-state index in [4.69, 9.17) is 29.1 Å². The van der Waals surface area contributed by atoms with Gasteiger partial charge in [-0.1, -0.05) is 23.2 Å². The Labute approximate surface area is 74.0 Å². The van der Waals surface area contributed by atoms with Gasteiger partial charge in [0.25, 0.3) is 0 Å². The predicted molar refractivity (Wildman–Crippen MR) is 43.2 cm³/mol. The molecule has 0 saturated heterocycles. The minimum Gasteiger partial charge on any atom is -0.300 e. The molecule has 0 atom stereocenters. The largest absolute Gasteiger partial charge is 0.300 e. The normalized spacial score (nSPS) is 10.1. The van der Waals surface area contributed by atoms with Crippen molar-refractivity contribution in [1.82, 2.24) is 4.98 Å². The van der Waals surface area contributed by atoms with Crippen molar-refractivity contribution in [3.8, 4) is 0 Å². The summed E-state index contributed by atoms with van der Waals surface area (Å²) in [4.78, 5) is 8.19. The van der Waals surface area contributed by atoms with Crippen LogP contribution in [-0.4, -0.2) is 4.98 Å². The first kappa shape index (κ1) is 8.74. The van der Waals surface area contributed by atoms with Crippen molar-refractivity contribution in [2.75, 3.05) is 0 Å². The van der Waals surface area contributed by atoms with E-state index in [9.17, 15) is 0 Å². The fourth-order valence-corrected chi connectivity index (χ4v) is 1.05. The highest BCUT2D eigenvalue weighted by molar-refractivity contribution is 6.34. The van der Waals surface area contributed by atoms with Gasteiger partial charge in [-0.3, -0.25) is 4.84 Å². The number of rotatable bonds is 2. The Hall–Kier alpha value is -0.350. The van der Waals surface area contributed by atoms with Crippen LogP contribution in [0.1, 0.15) is 5.56 Å². The van der Waals surface area contributed by atoms with Gasteiger partial charge in [0.2, 0.25) is 0 Å². The number of hydrogen-bond donors (Lipinski definition) is 1. The lowest BCUT2D eigenvalue weighted by atomic mass is 10.3. The molecule has 0 aliphatic rings. The summed E-state index contributed by atoms with van der Waals surface area (Å²) in [5.41, 5.74) is 0.721. The van der Waals surface area contributed by atoms with Crippen LogP contribution in [0.2, 0.25) is 10.2 Å². The second-order valence-electron chi connectivity index (χ2n) is 1.91. The summed E-state index contributed by atoms with van der Waals surface area (Å²) >= 11 is 11.3. The third-order valence-corrected chi connectivity index (χ3v) is 1.69. The Morgan fingerprint density at radius 2 is 2.27 bits per heavy atom. The third-order valence-electron chi connectivity index (χ3n) is 1.14. The van der Waals surface area contributed by atoms with Crippen molar-refractivity contribution in [2.24, 2.45) is 5.90 Å². The Morgan fingerprint density at radius 1 is 1.55 bits per heavy atom. The van der Waals surface area contributed by atoms with Gasteiger partial charge < -0.3 is 0 Å². The van der Waals surface area contributed by atoms with Gasteiger partial charge in [-0.25, -0.2) is 10.9 Å². The molecule has 0 radical (unpaired) electrons. The maximum absolute atomic E-state index is 5.75. The first-order valence-electron chi connectivity index (χ1n) is 2.85. The van der Waals surface area contributed by atoms with Crippen molar-refractivity contribution in [1.29, 1.82) is 0 Å². The van der Waals surface area contributed by atoms with E-state index >= 15 is 0 Å². The first-order chi connectivity index (χ1) is 5.24. The van der Waals surface area contributed by atoms with Gasteiger partial charge in [-0.05, 0) is 6.07 Å². The summed E-state index contributed by atoms with van der Waals surface area (Å²) in [6, 6.07) is 1.54. The lowest BCUT2D eigenvalue weighted by Crippen LogP contribution is -1.99. The minimum atomic E-state index is 0.239. The topological polar surface area (TPSA) is 48.1 Å². The first-order valence-corrected chi connectivity index (χ1v) is 3.61. The number of hydrogen-bond acceptors (Lipinski definition) is 3. The molecule has 3 nitrogen and oxygen atoms in total. The van der Waals surface area contributed by atoms with Crippen LogP contribution < -0.4 is 5.90 Å². The SMILES string of the molecule is NOCc1cnc(Cl)cc1Cl. The van der Waals surface area contributed by atoms with Gasteiger partial charge >= 0.3 is 0 Å². The monoisotopic (exact) mass is 192 g/mol. The van der Waals surface area contributed by atoms with E-state index in [0.717, 1.165) is 5.56 Å². The molecule has 0 aromatic carbocycles. The van der Waals surface area contributed by atoms with Crippen molar-refractivity contribution < 1.29 is 4.84 Å². The summed E-state index contributed by atoms with van der Waals surface area (Å²) in [5.74, 6) is 4.85. The molecule has 0 aliphatic heterocycles. The van der Waals surface area contributed by atoms with Crippen LogP contribution in [0.3, 0.4) is 0 Å². The molecule has 11 heavy (non-hydrogen) atoms. The fraction of sp³-hybridized carbons (Fsp3) is 0.167. The highest BCUT2D eigenvalue weighted by Crippen LogP contribution is 2.18. The quantitative estimate of drug-likeness (QED) is 0.575. The van der Waals surface area contributed by atoms with E-state index in [1.807, 2.05) is 0 Å². The van der Waals surface area contributed by atoms with Crippen LogP contribution in [0.15, 0.2) is 12.3 Å². The number of pyridine rings is 1. The average Bonchev–Trinajstić information content (AvgIpc) is 1.95. The molecule has 1 rings (SSSR count). The number of nitrogens with two attached hydrogens (primary N) is 1.